The van der Waals surface area contributed by atoms with Crippen molar-refractivity contribution in [2.45, 2.75) is 39.2 Å². The highest BCUT2D eigenvalue weighted by Crippen LogP contribution is 2.34. The lowest BCUT2D eigenvalue weighted by atomic mass is 9.88. The Hall–Kier alpha value is -1.75. The van der Waals surface area contributed by atoms with E-state index in [1.807, 2.05) is 0 Å². The van der Waals surface area contributed by atoms with Crippen molar-refractivity contribution >= 4 is 10.9 Å². The van der Waals surface area contributed by atoms with Crippen molar-refractivity contribution in [3.05, 3.63) is 35.5 Å². The Labute approximate surface area is 108 Å². The van der Waals surface area contributed by atoms with E-state index < -0.39 is 0 Å². The molecule has 1 aliphatic rings. The van der Waals surface area contributed by atoms with Gasteiger partial charge in [-0.3, -0.25) is 0 Å². The van der Waals surface area contributed by atoms with Gasteiger partial charge in [0.25, 0.3) is 0 Å². The lowest BCUT2D eigenvalue weighted by Crippen LogP contribution is -2.13. The van der Waals surface area contributed by atoms with E-state index in [-0.39, 0.29) is 0 Å². The van der Waals surface area contributed by atoms with Gasteiger partial charge in [0, 0.05) is 23.1 Å². The molecule has 0 aliphatic heterocycles. The van der Waals surface area contributed by atoms with Crippen molar-refractivity contribution < 1.29 is 0 Å². The molecule has 1 aromatic heterocycles. The van der Waals surface area contributed by atoms with Gasteiger partial charge in [-0.1, -0.05) is 25.1 Å². The number of rotatable bonds is 2. The standard InChI is InChI=1S/C16H18N2/c1-12-7-8-16-14(11-12)13-5-2-3-6-15(13)18(16)10-4-9-17/h2-3,5-6,12H,4,7-8,10-11H2,1H3. The van der Waals surface area contributed by atoms with Crippen LogP contribution in [-0.4, -0.2) is 4.57 Å². The highest BCUT2D eigenvalue weighted by atomic mass is 15.0. The summed E-state index contributed by atoms with van der Waals surface area (Å²) in [7, 11) is 0. The van der Waals surface area contributed by atoms with Crippen molar-refractivity contribution in [2.24, 2.45) is 5.92 Å². The van der Waals surface area contributed by atoms with E-state index in [0.29, 0.717) is 6.42 Å². The molecule has 3 rings (SSSR count). The Morgan fingerprint density at radius 3 is 3.06 bits per heavy atom. The Morgan fingerprint density at radius 2 is 2.22 bits per heavy atom. The Bertz CT molecular complexity index is 616. The Kier molecular flexibility index (Phi) is 2.83. The predicted molar refractivity (Wildman–Crippen MR) is 73.4 cm³/mol. The van der Waals surface area contributed by atoms with Crippen LogP contribution < -0.4 is 0 Å². The number of nitriles is 1. The average molecular weight is 238 g/mol. The number of aryl methyl sites for hydroxylation is 1. The summed E-state index contributed by atoms with van der Waals surface area (Å²) < 4.78 is 2.37. The summed E-state index contributed by atoms with van der Waals surface area (Å²) in [5.41, 5.74) is 4.32. The fourth-order valence-electron chi connectivity index (χ4n) is 3.19. The number of fused-ring (bicyclic) bond motifs is 3. The topological polar surface area (TPSA) is 28.7 Å². The van der Waals surface area contributed by atoms with E-state index >= 15 is 0 Å². The van der Waals surface area contributed by atoms with Gasteiger partial charge in [-0.05, 0) is 36.8 Å². The van der Waals surface area contributed by atoms with Gasteiger partial charge in [-0.2, -0.15) is 5.26 Å². The first-order valence-corrected chi connectivity index (χ1v) is 6.77. The summed E-state index contributed by atoms with van der Waals surface area (Å²) in [6, 6.07) is 10.9. The lowest BCUT2D eigenvalue weighted by molar-refractivity contribution is 0.485. The molecule has 0 saturated heterocycles. The van der Waals surface area contributed by atoms with Gasteiger partial charge in [0.15, 0.2) is 0 Å². The van der Waals surface area contributed by atoms with Crippen molar-refractivity contribution in [1.29, 1.82) is 5.26 Å². The molecule has 1 aromatic carbocycles. The maximum absolute atomic E-state index is 8.82. The van der Waals surface area contributed by atoms with Crippen molar-refractivity contribution in [3.63, 3.8) is 0 Å². The normalized spacial score (nSPS) is 18.6. The van der Waals surface area contributed by atoms with E-state index in [0.717, 1.165) is 18.9 Å². The summed E-state index contributed by atoms with van der Waals surface area (Å²) in [6.45, 7) is 3.17. The first-order chi connectivity index (χ1) is 8.81. The van der Waals surface area contributed by atoms with Gasteiger partial charge in [0.1, 0.15) is 0 Å². The van der Waals surface area contributed by atoms with Crippen LogP contribution in [0.25, 0.3) is 10.9 Å². The summed E-state index contributed by atoms with van der Waals surface area (Å²) in [5, 5.41) is 10.2. The molecule has 2 nitrogen and oxygen atoms in total. The zero-order valence-corrected chi connectivity index (χ0v) is 10.8. The highest BCUT2D eigenvalue weighted by molar-refractivity contribution is 5.85. The molecule has 2 aromatic rings. The van der Waals surface area contributed by atoms with Crippen LogP contribution in [-0.2, 0) is 19.4 Å². The molecule has 18 heavy (non-hydrogen) atoms. The first kappa shape index (κ1) is 11.3. The molecule has 0 bridgehead atoms. The van der Waals surface area contributed by atoms with Crippen LogP contribution in [0.3, 0.4) is 0 Å². The minimum absolute atomic E-state index is 0.598. The van der Waals surface area contributed by atoms with Gasteiger partial charge in [-0.15, -0.1) is 0 Å². The molecule has 2 heteroatoms. The van der Waals surface area contributed by atoms with Gasteiger partial charge >= 0.3 is 0 Å². The van der Waals surface area contributed by atoms with Crippen molar-refractivity contribution in [3.8, 4) is 6.07 Å². The molecule has 92 valence electrons. The minimum Gasteiger partial charge on any atom is -0.343 e. The van der Waals surface area contributed by atoms with Crippen LogP contribution in [0.1, 0.15) is 31.0 Å². The molecular formula is C16H18N2. The molecule has 0 saturated carbocycles. The van der Waals surface area contributed by atoms with Gasteiger partial charge in [-0.25, -0.2) is 0 Å². The quantitative estimate of drug-likeness (QED) is 0.784. The minimum atomic E-state index is 0.598. The summed E-state index contributed by atoms with van der Waals surface area (Å²) in [4.78, 5) is 0. The van der Waals surface area contributed by atoms with Crippen LogP contribution in [0.4, 0.5) is 0 Å². The second kappa shape index (κ2) is 4.49. The third-order valence-corrected chi connectivity index (χ3v) is 4.07. The molecule has 1 atom stereocenters. The molecule has 1 heterocycles. The lowest BCUT2D eigenvalue weighted by Gasteiger charge is -2.20. The zero-order valence-electron chi connectivity index (χ0n) is 10.8. The maximum atomic E-state index is 8.82. The number of aromatic nitrogens is 1. The molecule has 0 spiro atoms. The fraction of sp³-hybridized carbons (Fsp3) is 0.438. The zero-order chi connectivity index (χ0) is 12.5. The van der Waals surface area contributed by atoms with E-state index in [9.17, 15) is 0 Å². The molecule has 0 N–H and O–H groups in total. The van der Waals surface area contributed by atoms with Crippen LogP contribution >= 0.6 is 0 Å². The monoisotopic (exact) mass is 238 g/mol. The first-order valence-electron chi connectivity index (χ1n) is 6.77. The summed E-state index contributed by atoms with van der Waals surface area (Å²) >= 11 is 0. The van der Waals surface area contributed by atoms with E-state index in [4.69, 9.17) is 5.26 Å². The van der Waals surface area contributed by atoms with Crippen LogP contribution in [0.2, 0.25) is 0 Å². The van der Waals surface area contributed by atoms with Crippen molar-refractivity contribution in [2.75, 3.05) is 0 Å². The molecule has 0 radical (unpaired) electrons. The smallest absolute Gasteiger partial charge is 0.0640 e. The number of benzene rings is 1. The van der Waals surface area contributed by atoms with Crippen molar-refractivity contribution in [1.82, 2.24) is 4.57 Å². The van der Waals surface area contributed by atoms with E-state index in [1.165, 1.54) is 35.0 Å². The van der Waals surface area contributed by atoms with Crippen LogP contribution in [0, 0.1) is 17.2 Å². The third-order valence-electron chi connectivity index (χ3n) is 4.07. The maximum Gasteiger partial charge on any atom is 0.0640 e. The van der Waals surface area contributed by atoms with E-state index in [1.54, 1.807) is 0 Å². The van der Waals surface area contributed by atoms with Gasteiger partial charge in [0.05, 0.1) is 12.5 Å². The Balaban J connectivity index is 2.18. The number of nitrogens with zero attached hydrogens (tertiary/aromatic N) is 2. The molecule has 0 amide bonds. The summed E-state index contributed by atoms with van der Waals surface area (Å²) in [5.74, 6) is 0.785. The Morgan fingerprint density at radius 1 is 1.39 bits per heavy atom. The number of hydrogen-bond acceptors (Lipinski definition) is 1. The SMILES string of the molecule is CC1CCc2c(c3ccccc3n2CCC#N)C1. The molecule has 1 unspecified atom stereocenters. The highest BCUT2D eigenvalue weighted by Gasteiger charge is 2.22. The fourth-order valence-corrected chi connectivity index (χ4v) is 3.19. The molecule has 0 fully saturated rings. The summed E-state index contributed by atoms with van der Waals surface area (Å²) in [6.07, 6.45) is 4.22. The predicted octanol–water partition coefficient (Wildman–Crippen LogP) is 3.68. The molecular weight excluding hydrogens is 220 g/mol. The van der Waals surface area contributed by atoms with Crippen LogP contribution in [0.15, 0.2) is 24.3 Å². The van der Waals surface area contributed by atoms with Crippen LogP contribution in [0.5, 0.6) is 0 Å². The van der Waals surface area contributed by atoms with Gasteiger partial charge in [0.2, 0.25) is 0 Å². The van der Waals surface area contributed by atoms with E-state index in [2.05, 4.69) is 41.8 Å². The molecule has 1 aliphatic carbocycles. The average Bonchev–Trinajstić information content (AvgIpc) is 2.70. The third kappa shape index (κ3) is 1.71. The second-order valence-corrected chi connectivity index (χ2v) is 5.35. The number of para-hydroxylation sites is 1. The number of hydrogen-bond donors (Lipinski definition) is 0. The second-order valence-electron chi connectivity index (χ2n) is 5.35. The largest absolute Gasteiger partial charge is 0.343 e. The van der Waals surface area contributed by atoms with Gasteiger partial charge < -0.3 is 4.57 Å².